The van der Waals surface area contributed by atoms with E-state index in [4.69, 9.17) is 17.9 Å². The summed E-state index contributed by atoms with van der Waals surface area (Å²) in [6.07, 6.45) is 1.84. The first-order valence-corrected chi connectivity index (χ1v) is 25.0. The number of nitrogens with zero attached hydrogens (tertiary/aromatic N) is 5. The fourth-order valence-electron chi connectivity index (χ4n) is 10.3. The first-order chi connectivity index (χ1) is 39.7. The third kappa shape index (κ3) is 7.42. The zero-order valence-corrected chi connectivity index (χ0v) is 42.6. The molecule has 0 spiro atoms. The molecule has 0 saturated carbocycles. The molecular weight excluding hydrogens is 1070 g/mol. The van der Waals surface area contributed by atoms with E-state index in [-0.39, 0.29) is 33.4 Å². The third-order valence-corrected chi connectivity index (χ3v) is 14.7. The van der Waals surface area contributed by atoms with Gasteiger partial charge >= 0.3 is 395 Å². The van der Waals surface area contributed by atoms with Gasteiger partial charge in [0.25, 0.3) is 0 Å². The summed E-state index contributed by atoms with van der Waals surface area (Å²) in [5, 5.41) is 3.90. The molecule has 13 aromatic rings. The molecular formula is C66H49N5OPt-2. The van der Waals surface area contributed by atoms with Crippen molar-refractivity contribution >= 4 is 54.6 Å². The van der Waals surface area contributed by atoms with Crippen LogP contribution in [-0.2, 0) is 24.8 Å². The Morgan fingerprint density at radius 2 is 1.11 bits per heavy atom. The van der Waals surface area contributed by atoms with Crippen LogP contribution in [0.2, 0.25) is 0 Å². The van der Waals surface area contributed by atoms with E-state index in [1.807, 2.05) is 138 Å². The van der Waals surface area contributed by atoms with Crippen molar-refractivity contribution in [3.63, 3.8) is 0 Å². The number of aryl methyl sites for hydroxylation is 2. The molecule has 0 N–H and O–H groups in total. The monoisotopic (exact) mass is 1130 g/mol. The van der Waals surface area contributed by atoms with Crippen molar-refractivity contribution in [1.82, 2.24) is 23.3 Å². The summed E-state index contributed by atoms with van der Waals surface area (Å²) in [7, 11) is 0. The van der Waals surface area contributed by atoms with Gasteiger partial charge in [-0.1, -0.05) is 32.9 Å². The first kappa shape index (κ1) is 34.9. The molecule has 0 aliphatic heterocycles. The van der Waals surface area contributed by atoms with Crippen LogP contribution >= 0.6 is 0 Å². The standard InChI is InChI=1S/C66H49N5O.Pt/c1-43-19-16-28-54-55-29-17-20-44(2)64(55)70(63(43)54)49-39-56(45-21-8-6-9-22-45)65(57(40-49)46-23-10-7-11-24-46)69-42-68(59-31-14-15-32-60(59)69)48-25-18-26-50(38-48)72-51-33-34-53-52-27-12-13-30-58(52)71(61(53)41-51)62-37-47(35-36-67-62)66(3,4)5;/h6-37,39-40H,1-5H3;/q-2;/i6D,7D,8D,9D,10D,11D,21D,22D,23D,24D;. The summed E-state index contributed by atoms with van der Waals surface area (Å²) in [4.78, 5) is 4.84. The van der Waals surface area contributed by atoms with Crippen LogP contribution in [0.1, 0.15) is 51.2 Å². The van der Waals surface area contributed by atoms with Crippen molar-refractivity contribution < 1.29 is 37.8 Å². The van der Waals surface area contributed by atoms with Gasteiger partial charge in [0.1, 0.15) is 0 Å². The molecule has 4 aromatic heterocycles. The number of fused-ring (bicyclic) bond motifs is 7. The number of hydrogen-bond acceptors (Lipinski definition) is 2. The zero-order chi connectivity index (χ0) is 58.2. The van der Waals surface area contributed by atoms with Gasteiger partial charge in [-0.2, -0.15) is 0 Å². The second kappa shape index (κ2) is 17.5. The average molecular weight is 1130 g/mol. The Kier molecular flexibility index (Phi) is 8.36. The molecule has 6 nitrogen and oxygen atoms in total. The predicted molar refractivity (Wildman–Crippen MR) is 296 cm³/mol. The summed E-state index contributed by atoms with van der Waals surface area (Å²) in [6.45, 7) is 10.5. The molecule has 9 aromatic carbocycles. The normalized spacial score (nSPS) is 13.9. The van der Waals surface area contributed by atoms with E-state index in [9.17, 15) is 5.48 Å². The Labute approximate surface area is 449 Å². The summed E-state index contributed by atoms with van der Waals surface area (Å²) < 4.78 is 107. The number of aromatic nitrogens is 5. The van der Waals surface area contributed by atoms with Crippen LogP contribution in [0.15, 0.2) is 206 Å². The van der Waals surface area contributed by atoms with Crippen molar-refractivity contribution in [3.05, 3.63) is 239 Å². The number of para-hydroxylation sites is 5. The molecule has 0 atom stereocenters. The fraction of sp³-hybridized carbons (Fsp3) is 0.0909. The molecule has 7 heteroatoms. The van der Waals surface area contributed by atoms with Crippen molar-refractivity contribution in [3.8, 4) is 56.6 Å². The number of benzene rings is 9. The quantitative estimate of drug-likeness (QED) is 0.142. The van der Waals surface area contributed by atoms with Crippen molar-refractivity contribution in [2.45, 2.75) is 40.0 Å². The Hall–Kier alpha value is -8.31. The first-order valence-electron chi connectivity index (χ1n) is 28.9. The number of pyridine rings is 1. The summed E-state index contributed by atoms with van der Waals surface area (Å²) in [5.41, 5.74) is 8.73. The minimum absolute atomic E-state index is 0.117. The van der Waals surface area contributed by atoms with Gasteiger partial charge in [0.2, 0.25) is 0 Å². The van der Waals surface area contributed by atoms with Gasteiger partial charge in [0, 0.05) is 6.20 Å². The van der Waals surface area contributed by atoms with E-state index in [1.54, 1.807) is 12.1 Å². The Bertz CT molecular complexity index is 4800. The van der Waals surface area contributed by atoms with Crippen LogP contribution in [0, 0.1) is 29.8 Å². The van der Waals surface area contributed by atoms with Gasteiger partial charge in [-0.3, -0.25) is 0 Å². The summed E-state index contributed by atoms with van der Waals surface area (Å²) >= 11 is 2.19. The Morgan fingerprint density at radius 1 is 0.534 bits per heavy atom. The fourth-order valence-corrected chi connectivity index (χ4v) is 11.4. The van der Waals surface area contributed by atoms with Crippen molar-refractivity contribution in [2.75, 3.05) is 0 Å². The van der Waals surface area contributed by atoms with E-state index in [0.717, 1.165) is 66.1 Å². The number of hydrogen-bond donors (Lipinski definition) is 0. The van der Waals surface area contributed by atoms with E-state index >= 15 is 0 Å². The van der Waals surface area contributed by atoms with Gasteiger partial charge in [-0.25, -0.2) is 0 Å². The van der Waals surface area contributed by atoms with Crippen LogP contribution in [0.5, 0.6) is 11.5 Å². The maximum atomic E-state index is 9.61. The SMILES string of the molecule is [2H]c1c([2H])c([2H])c(-c2cc(-n3c4c(C)cccc4c4cccc(C)c43)cc(-c3c([2H])c([2H])c([2H])c([2H])c3[2H])c2-n2[c](=[Pt])n(-c3[c-]c(Oc4[c-]c5c(cc4)c4ccccc4n5-c4cc(C(C)(C)C)ccn4)ccc3)c3ccccc32)c([2H])c1[2H]. The van der Waals surface area contributed by atoms with E-state index in [1.165, 1.54) is 0 Å². The van der Waals surface area contributed by atoms with Gasteiger partial charge in [0.05, 0.1) is 0 Å². The van der Waals surface area contributed by atoms with Crippen molar-refractivity contribution in [2.24, 2.45) is 0 Å². The zero-order valence-electron chi connectivity index (χ0n) is 50.3. The molecule has 0 unspecified atom stereocenters. The van der Waals surface area contributed by atoms with Crippen LogP contribution in [-0.4, -0.2) is 23.3 Å². The van der Waals surface area contributed by atoms with E-state index in [2.05, 4.69) is 79.6 Å². The maximum absolute atomic E-state index is 9.61. The van der Waals surface area contributed by atoms with Crippen molar-refractivity contribution in [1.29, 1.82) is 0 Å². The van der Waals surface area contributed by atoms with Gasteiger partial charge in [-0.15, -0.1) is 0 Å². The van der Waals surface area contributed by atoms with Crippen LogP contribution in [0.3, 0.4) is 0 Å². The molecule has 0 bridgehead atoms. The second-order valence-corrected chi connectivity index (χ2v) is 20.2. The third-order valence-electron chi connectivity index (χ3n) is 13.6. The molecule has 0 saturated heterocycles. The minimum atomic E-state index is -0.583. The molecule has 0 radical (unpaired) electrons. The molecule has 4 heterocycles. The van der Waals surface area contributed by atoms with E-state index < -0.39 is 60.4 Å². The van der Waals surface area contributed by atoms with Crippen LogP contribution in [0.25, 0.3) is 99.8 Å². The second-order valence-electron chi connectivity index (χ2n) is 19.2. The molecule has 0 aliphatic carbocycles. The van der Waals surface area contributed by atoms with Gasteiger partial charge in [-0.05, 0) is 17.0 Å². The van der Waals surface area contributed by atoms with E-state index in [0.29, 0.717) is 37.7 Å². The topological polar surface area (TPSA) is 41.8 Å². The molecule has 0 fully saturated rings. The number of rotatable bonds is 8. The Morgan fingerprint density at radius 3 is 1.75 bits per heavy atom. The number of imidazole rings is 1. The van der Waals surface area contributed by atoms with Gasteiger partial charge in [0.15, 0.2) is 0 Å². The number of ether oxygens (including phenoxy) is 1. The molecule has 13 rings (SSSR count). The van der Waals surface area contributed by atoms with Crippen LogP contribution < -0.4 is 4.74 Å². The summed E-state index contributed by atoms with van der Waals surface area (Å²) in [6, 6.07) is 46.7. The van der Waals surface area contributed by atoms with Crippen LogP contribution in [0.4, 0.5) is 0 Å². The average Bonchev–Trinajstić information content (AvgIpc) is 4.14. The molecule has 0 aliphatic rings. The molecule has 73 heavy (non-hydrogen) atoms. The Balaban J connectivity index is 1.08. The van der Waals surface area contributed by atoms with Gasteiger partial charge < -0.3 is 0 Å². The predicted octanol–water partition coefficient (Wildman–Crippen LogP) is 16.7. The molecule has 356 valence electrons. The molecule has 0 amide bonds. The summed E-state index contributed by atoms with van der Waals surface area (Å²) in [5.74, 6) is 1.56.